The van der Waals surface area contributed by atoms with E-state index in [4.69, 9.17) is 4.74 Å². The highest BCUT2D eigenvalue weighted by molar-refractivity contribution is 5.89. The number of aromatic nitrogens is 2. The molecule has 0 radical (unpaired) electrons. The molecule has 10 heteroatoms. The summed E-state index contributed by atoms with van der Waals surface area (Å²) < 4.78 is 48.2. The summed E-state index contributed by atoms with van der Waals surface area (Å²) in [5.41, 5.74) is 2.15. The van der Waals surface area contributed by atoms with Crippen molar-refractivity contribution in [1.82, 2.24) is 20.0 Å². The third kappa shape index (κ3) is 6.63. The number of hydrogen-bond acceptors (Lipinski definition) is 4. The van der Waals surface area contributed by atoms with Crippen LogP contribution in [0.15, 0.2) is 48.5 Å². The van der Waals surface area contributed by atoms with Crippen LogP contribution in [0.1, 0.15) is 78.2 Å². The van der Waals surface area contributed by atoms with Crippen molar-refractivity contribution in [3.05, 3.63) is 82.2 Å². The molecule has 1 unspecified atom stereocenters. The maximum Gasteiger partial charge on any atom is 0.435 e. The fourth-order valence-electron chi connectivity index (χ4n) is 6.07. The van der Waals surface area contributed by atoms with Gasteiger partial charge >= 0.3 is 6.18 Å². The lowest BCUT2D eigenvalue weighted by atomic mass is 9.95. The highest BCUT2D eigenvalue weighted by Gasteiger charge is 2.40. The Morgan fingerprint density at radius 1 is 1.02 bits per heavy atom. The van der Waals surface area contributed by atoms with Gasteiger partial charge in [0.05, 0.1) is 7.11 Å². The molecule has 42 heavy (non-hydrogen) atoms. The van der Waals surface area contributed by atoms with Crippen molar-refractivity contribution < 1.29 is 27.5 Å². The van der Waals surface area contributed by atoms with Gasteiger partial charge in [0.1, 0.15) is 18.3 Å². The van der Waals surface area contributed by atoms with Gasteiger partial charge in [0.25, 0.3) is 0 Å². The van der Waals surface area contributed by atoms with E-state index in [2.05, 4.69) is 10.4 Å². The van der Waals surface area contributed by atoms with Crippen LogP contribution in [-0.4, -0.2) is 39.6 Å². The molecule has 0 aliphatic heterocycles. The van der Waals surface area contributed by atoms with Crippen LogP contribution in [0.3, 0.4) is 0 Å². The Balaban J connectivity index is 1.54. The van der Waals surface area contributed by atoms with E-state index in [1.807, 2.05) is 31.2 Å². The summed E-state index contributed by atoms with van der Waals surface area (Å²) in [5, 5.41) is 7.05. The number of carbonyl (C=O) groups excluding carboxylic acids is 2. The quantitative estimate of drug-likeness (QED) is 0.340. The molecule has 3 aromatic rings. The zero-order valence-corrected chi connectivity index (χ0v) is 24.0. The molecule has 5 rings (SSSR count). The van der Waals surface area contributed by atoms with Gasteiger partial charge in [0, 0.05) is 23.8 Å². The van der Waals surface area contributed by atoms with E-state index in [-0.39, 0.29) is 30.5 Å². The normalized spacial score (nSPS) is 16.1. The average molecular weight is 583 g/mol. The second-order valence-electron chi connectivity index (χ2n) is 11.3. The molecule has 1 fully saturated rings. The number of benzene rings is 2. The van der Waals surface area contributed by atoms with Crippen LogP contribution < -0.4 is 10.1 Å². The molecular formula is C32H37F3N4O3. The number of nitrogens with zero attached hydrogens (tertiary/aromatic N) is 3. The Morgan fingerprint density at radius 2 is 1.69 bits per heavy atom. The molecule has 7 nitrogen and oxygen atoms in total. The summed E-state index contributed by atoms with van der Waals surface area (Å²) in [6.07, 6.45) is 1.26. The van der Waals surface area contributed by atoms with Gasteiger partial charge in [-0.3, -0.25) is 14.3 Å². The Hall–Kier alpha value is -3.82. The third-order valence-electron chi connectivity index (χ3n) is 8.30. The standard InChI is InChI=1S/C32H37F3N4O3/c1-21-11-13-22(14-12-21)19-38(28(40)20-39-27-10-6-5-9-26(27)30(37-39)32(33,34)35)29(23-15-17-25(42-2)18-16-23)31(41)36-24-7-3-4-8-24/h11-18,24,29H,3-10,19-20H2,1-2H3,(H,36,41). The van der Waals surface area contributed by atoms with Crippen LogP contribution in [0.4, 0.5) is 13.2 Å². The van der Waals surface area contributed by atoms with Gasteiger partial charge in [-0.2, -0.15) is 18.3 Å². The monoisotopic (exact) mass is 582 g/mol. The van der Waals surface area contributed by atoms with Gasteiger partial charge in [-0.25, -0.2) is 0 Å². The van der Waals surface area contributed by atoms with E-state index < -0.39 is 30.4 Å². The number of hydrogen-bond donors (Lipinski definition) is 1. The number of alkyl halides is 3. The van der Waals surface area contributed by atoms with E-state index >= 15 is 0 Å². The number of methoxy groups -OCH3 is 1. The van der Waals surface area contributed by atoms with Crippen molar-refractivity contribution in [2.45, 2.75) is 89.6 Å². The van der Waals surface area contributed by atoms with Gasteiger partial charge in [0.2, 0.25) is 11.8 Å². The highest BCUT2D eigenvalue weighted by Crippen LogP contribution is 2.36. The summed E-state index contributed by atoms with van der Waals surface area (Å²) in [7, 11) is 1.55. The number of carbonyl (C=O) groups is 2. The predicted octanol–water partition coefficient (Wildman–Crippen LogP) is 5.93. The SMILES string of the molecule is COc1ccc(C(C(=O)NC2CCCC2)N(Cc2ccc(C)cc2)C(=O)Cn2nc(C(F)(F)F)c3c2CCCC3)cc1. The molecule has 2 amide bonds. The first-order valence-electron chi connectivity index (χ1n) is 14.6. The molecule has 1 saturated carbocycles. The average Bonchev–Trinajstić information content (AvgIpc) is 3.62. The summed E-state index contributed by atoms with van der Waals surface area (Å²) in [5.74, 6) is -0.193. The molecule has 1 heterocycles. The molecule has 1 N–H and O–H groups in total. The molecule has 2 aliphatic carbocycles. The third-order valence-corrected chi connectivity index (χ3v) is 8.30. The molecule has 0 spiro atoms. The van der Waals surface area contributed by atoms with E-state index in [0.717, 1.165) is 43.2 Å². The Labute approximate surface area is 244 Å². The lowest BCUT2D eigenvalue weighted by molar-refractivity contribution is -0.144. The van der Waals surface area contributed by atoms with Crippen molar-refractivity contribution in [3.63, 3.8) is 0 Å². The summed E-state index contributed by atoms with van der Waals surface area (Å²) in [4.78, 5) is 29.6. The number of fused-ring (bicyclic) bond motifs is 1. The Morgan fingerprint density at radius 3 is 2.33 bits per heavy atom. The minimum absolute atomic E-state index is 0.0158. The van der Waals surface area contributed by atoms with Gasteiger partial charge in [-0.15, -0.1) is 0 Å². The Kier molecular flexibility index (Phi) is 8.89. The summed E-state index contributed by atoms with van der Waals surface area (Å²) in [6.45, 7) is 1.66. The predicted molar refractivity (Wildman–Crippen MR) is 152 cm³/mol. The van der Waals surface area contributed by atoms with Crippen LogP contribution in [-0.2, 0) is 41.7 Å². The van der Waals surface area contributed by atoms with Gasteiger partial charge in [0.15, 0.2) is 5.69 Å². The van der Waals surface area contributed by atoms with Crippen molar-refractivity contribution in [1.29, 1.82) is 0 Å². The zero-order valence-electron chi connectivity index (χ0n) is 24.0. The van der Waals surface area contributed by atoms with Crippen molar-refractivity contribution in [2.75, 3.05) is 7.11 Å². The van der Waals surface area contributed by atoms with Gasteiger partial charge < -0.3 is 15.0 Å². The van der Waals surface area contributed by atoms with Gasteiger partial charge in [-0.05, 0) is 68.7 Å². The smallest absolute Gasteiger partial charge is 0.435 e. The Bertz CT molecular complexity index is 1390. The minimum Gasteiger partial charge on any atom is -0.497 e. The van der Waals surface area contributed by atoms with Crippen LogP contribution in [0.2, 0.25) is 0 Å². The second kappa shape index (κ2) is 12.6. The van der Waals surface area contributed by atoms with Crippen LogP contribution >= 0.6 is 0 Å². The van der Waals surface area contributed by atoms with Crippen molar-refractivity contribution >= 4 is 11.8 Å². The number of aryl methyl sites for hydroxylation is 1. The van der Waals surface area contributed by atoms with Crippen molar-refractivity contribution in [3.8, 4) is 5.75 Å². The maximum atomic E-state index is 14.2. The number of ether oxygens (including phenoxy) is 1. The fraction of sp³-hybridized carbons (Fsp3) is 0.469. The van der Waals surface area contributed by atoms with E-state index in [1.165, 1.54) is 9.58 Å². The molecule has 1 atom stereocenters. The number of nitrogens with one attached hydrogen (secondary N) is 1. The lowest BCUT2D eigenvalue weighted by Gasteiger charge is -2.33. The van der Waals surface area contributed by atoms with Crippen molar-refractivity contribution in [2.24, 2.45) is 0 Å². The zero-order chi connectivity index (χ0) is 29.9. The number of amides is 2. The first-order chi connectivity index (χ1) is 20.1. The second-order valence-corrected chi connectivity index (χ2v) is 11.3. The largest absolute Gasteiger partial charge is 0.497 e. The molecule has 1 aromatic heterocycles. The maximum absolute atomic E-state index is 14.2. The highest BCUT2D eigenvalue weighted by atomic mass is 19.4. The topological polar surface area (TPSA) is 76.5 Å². The van der Waals surface area contributed by atoms with E-state index in [9.17, 15) is 22.8 Å². The molecule has 2 aliphatic rings. The first kappa shape index (κ1) is 29.7. The lowest BCUT2D eigenvalue weighted by Crippen LogP contribution is -2.46. The van der Waals surface area contributed by atoms with Crippen LogP contribution in [0.25, 0.3) is 0 Å². The molecule has 224 valence electrons. The van der Waals surface area contributed by atoms with Crippen LogP contribution in [0, 0.1) is 6.92 Å². The summed E-state index contributed by atoms with van der Waals surface area (Å²) >= 11 is 0. The molecule has 0 saturated heterocycles. The molecular weight excluding hydrogens is 545 g/mol. The minimum atomic E-state index is -4.61. The van der Waals surface area contributed by atoms with E-state index in [0.29, 0.717) is 29.8 Å². The fourth-order valence-corrected chi connectivity index (χ4v) is 6.07. The first-order valence-corrected chi connectivity index (χ1v) is 14.6. The number of halogens is 3. The van der Waals surface area contributed by atoms with Gasteiger partial charge in [-0.1, -0.05) is 54.8 Å². The molecule has 2 aromatic carbocycles. The van der Waals surface area contributed by atoms with Crippen LogP contribution in [0.5, 0.6) is 5.75 Å². The number of rotatable bonds is 9. The molecule has 0 bridgehead atoms. The van der Waals surface area contributed by atoms with E-state index in [1.54, 1.807) is 31.4 Å². The summed E-state index contributed by atoms with van der Waals surface area (Å²) in [6, 6.07) is 13.6.